The quantitative estimate of drug-likeness (QED) is 0.531. The molecule has 0 fully saturated rings. The average Bonchev–Trinajstić information content (AvgIpc) is 2.57. The smallest absolute Gasteiger partial charge is 0.0372 e. The number of hydrogen-bond donors (Lipinski definition) is 0. The lowest BCUT2D eigenvalue weighted by Gasteiger charge is -1.90. The minimum Gasteiger partial charge on any atom is -0.261 e. The molecule has 0 spiro atoms. The summed E-state index contributed by atoms with van der Waals surface area (Å²) in [6.45, 7) is 12.2. The van der Waals surface area contributed by atoms with Crippen LogP contribution in [0.4, 0.5) is 0 Å². The van der Waals surface area contributed by atoms with E-state index in [9.17, 15) is 0 Å². The normalized spacial score (nSPS) is 9.25. The van der Waals surface area contributed by atoms with Crippen LogP contribution in [-0.2, 0) is 0 Å². The molecule has 0 radical (unpaired) electrons. The Kier molecular flexibility index (Phi) is 8.42. The van der Waals surface area contributed by atoms with E-state index in [0.29, 0.717) is 0 Å². The first-order valence-electron chi connectivity index (χ1n) is 8.18. The molecule has 3 rings (SSSR count). The Morgan fingerprint density at radius 2 is 0.708 bits per heavy atom. The molecule has 0 saturated heterocycles. The molecule has 0 bridgehead atoms. The maximum absolute atomic E-state index is 4.08. The molecule has 0 unspecified atom stereocenters. The first-order valence-corrected chi connectivity index (χ1v) is 8.18. The molecule has 0 amide bonds. The summed E-state index contributed by atoms with van der Waals surface area (Å²) in [5.74, 6) is 0. The van der Waals surface area contributed by atoms with Gasteiger partial charge in [0.1, 0.15) is 0 Å². The Morgan fingerprint density at radius 1 is 0.417 bits per heavy atom. The first-order chi connectivity index (χ1) is 11.4. The number of benzene rings is 1. The predicted octanol–water partition coefficient (Wildman–Crippen LogP) is 5.70. The standard InChI is InChI=1S/C8H10.2C7H9N/c1-7-3-5-8(2)6-4-7;2*1-6-3-4-7(2)8-5-6/h3-6H,1-2H3;2*3-5H,1-2H3. The zero-order valence-corrected chi connectivity index (χ0v) is 15.7. The summed E-state index contributed by atoms with van der Waals surface area (Å²) in [7, 11) is 0. The molecule has 2 nitrogen and oxygen atoms in total. The highest BCUT2D eigenvalue weighted by Gasteiger charge is 1.82. The van der Waals surface area contributed by atoms with Crippen LogP contribution >= 0.6 is 0 Å². The summed E-state index contributed by atoms with van der Waals surface area (Å²) >= 11 is 0. The van der Waals surface area contributed by atoms with E-state index in [2.05, 4.69) is 60.2 Å². The van der Waals surface area contributed by atoms with Gasteiger partial charge >= 0.3 is 0 Å². The Hall–Kier alpha value is -2.48. The van der Waals surface area contributed by atoms with Gasteiger partial charge < -0.3 is 0 Å². The van der Waals surface area contributed by atoms with E-state index in [1.807, 2.05) is 52.2 Å². The lowest BCUT2D eigenvalue weighted by atomic mass is 10.2. The Morgan fingerprint density at radius 3 is 0.917 bits per heavy atom. The van der Waals surface area contributed by atoms with E-state index in [4.69, 9.17) is 0 Å². The fraction of sp³-hybridized carbons (Fsp3) is 0.273. The second-order valence-electron chi connectivity index (χ2n) is 6.11. The van der Waals surface area contributed by atoms with Crippen molar-refractivity contribution in [2.24, 2.45) is 0 Å². The predicted molar refractivity (Wildman–Crippen MR) is 103 cm³/mol. The highest BCUT2D eigenvalue weighted by molar-refractivity contribution is 5.19. The van der Waals surface area contributed by atoms with E-state index in [1.54, 1.807) is 0 Å². The van der Waals surface area contributed by atoms with Crippen LogP contribution in [-0.4, -0.2) is 9.97 Å². The lowest BCUT2D eigenvalue weighted by Crippen LogP contribution is -1.78. The van der Waals surface area contributed by atoms with Crippen LogP contribution in [0.2, 0.25) is 0 Å². The summed E-state index contributed by atoms with van der Waals surface area (Å²) in [6, 6.07) is 16.6. The highest BCUT2D eigenvalue weighted by atomic mass is 14.7. The van der Waals surface area contributed by atoms with Crippen molar-refractivity contribution >= 4 is 0 Å². The van der Waals surface area contributed by atoms with Gasteiger partial charge in [-0.25, -0.2) is 0 Å². The Bertz CT molecular complexity index is 530. The van der Waals surface area contributed by atoms with Crippen molar-refractivity contribution in [2.75, 3.05) is 0 Å². The van der Waals surface area contributed by atoms with Gasteiger partial charge in [0, 0.05) is 23.8 Å². The molecule has 2 aromatic heterocycles. The summed E-state index contributed by atoms with van der Waals surface area (Å²) in [5.41, 5.74) is 7.25. The van der Waals surface area contributed by atoms with Crippen LogP contribution in [0.1, 0.15) is 33.6 Å². The van der Waals surface area contributed by atoms with Crippen molar-refractivity contribution < 1.29 is 0 Å². The van der Waals surface area contributed by atoms with Gasteiger partial charge in [-0.15, -0.1) is 0 Å². The van der Waals surface area contributed by atoms with Crippen molar-refractivity contribution in [3.05, 3.63) is 94.6 Å². The largest absolute Gasteiger partial charge is 0.261 e. The molecule has 1 aromatic carbocycles. The molecule has 3 aromatic rings. The lowest BCUT2D eigenvalue weighted by molar-refractivity contribution is 1.17. The van der Waals surface area contributed by atoms with E-state index in [1.165, 1.54) is 22.3 Å². The third-order valence-corrected chi connectivity index (χ3v) is 3.34. The van der Waals surface area contributed by atoms with Crippen molar-refractivity contribution in [3.63, 3.8) is 0 Å². The van der Waals surface area contributed by atoms with Crippen molar-refractivity contribution in [1.82, 2.24) is 9.97 Å². The Labute approximate surface area is 146 Å². The number of hydrogen-bond acceptors (Lipinski definition) is 2. The van der Waals surface area contributed by atoms with Gasteiger partial charge in [0.15, 0.2) is 0 Å². The van der Waals surface area contributed by atoms with Gasteiger partial charge in [0.05, 0.1) is 0 Å². The van der Waals surface area contributed by atoms with E-state index in [0.717, 1.165) is 11.4 Å². The van der Waals surface area contributed by atoms with Crippen LogP contribution in [0.3, 0.4) is 0 Å². The van der Waals surface area contributed by atoms with Crippen LogP contribution < -0.4 is 0 Å². The molecular weight excluding hydrogens is 292 g/mol. The van der Waals surface area contributed by atoms with Crippen molar-refractivity contribution in [1.29, 1.82) is 0 Å². The van der Waals surface area contributed by atoms with Gasteiger partial charge in [0.2, 0.25) is 0 Å². The minimum absolute atomic E-state index is 1.08. The monoisotopic (exact) mass is 320 g/mol. The Balaban J connectivity index is 0.000000180. The first kappa shape index (κ1) is 19.6. The maximum atomic E-state index is 4.08. The molecule has 0 aliphatic rings. The van der Waals surface area contributed by atoms with Crippen molar-refractivity contribution in [2.45, 2.75) is 41.5 Å². The van der Waals surface area contributed by atoms with Gasteiger partial charge in [-0.05, 0) is 64.8 Å². The average molecular weight is 320 g/mol. The molecule has 2 heterocycles. The van der Waals surface area contributed by atoms with E-state index < -0.39 is 0 Å². The van der Waals surface area contributed by atoms with E-state index in [-0.39, 0.29) is 0 Å². The van der Waals surface area contributed by atoms with Gasteiger partial charge in [0.25, 0.3) is 0 Å². The van der Waals surface area contributed by atoms with Crippen molar-refractivity contribution in [3.8, 4) is 0 Å². The molecule has 0 aliphatic heterocycles. The number of rotatable bonds is 0. The van der Waals surface area contributed by atoms with Gasteiger partial charge in [-0.1, -0.05) is 47.5 Å². The number of pyridine rings is 2. The molecule has 0 saturated carbocycles. The SMILES string of the molecule is Cc1ccc(C)cc1.Cc1ccc(C)nc1.Cc1ccc(C)nc1. The van der Waals surface area contributed by atoms with E-state index >= 15 is 0 Å². The number of nitrogens with zero attached hydrogens (tertiary/aromatic N) is 2. The van der Waals surface area contributed by atoms with Crippen LogP contribution in [0.5, 0.6) is 0 Å². The fourth-order valence-corrected chi connectivity index (χ4v) is 1.72. The summed E-state index contributed by atoms with van der Waals surface area (Å²) in [6.07, 6.45) is 3.74. The topological polar surface area (TPSA) is 25.8 Å². The minimum atomic E-state index is 1.08. The second-order valence-corrected chi connectivity index (χ2v) is 6.11. The number of aryl methyl sites for hydroxylation is 6. The third kappa shape index (κ3) is 8.84. The molecule has 0 atom stereocenters. The highest BCUT2D eigenvalue weighted by Crippen LogP contribution is 1.99. The van der Waals surface area contributed by atoms with Crippen LogP contribution in [0, 0.1) is 41.5 Å². The fourth-order valence-electron chi connectivity index (χ4n) is 1.72. The summed E-state index contributed by atoms with van der Waals surface area (Å²) in [4.78, 5) is 8.16. The molecular formula is C22H28N2. The third-order valence-electron chi connectivity index (χ3n) is 3.34. The summed E-state index contributed by atoms with van der Waals surface area (Å²) < 4.78 is 0. The van der Waals surface area contributed by atoms with Crippen LogP contribution in [0.25, 0.3) is 0 Å². The van der Waals surface area contributed by atoms with Crippen LogP contribution in [0.15, 0.2) is 60.9 Å². The maximum Gasteiger partial charge on any atom is 0.0372 e. The molecule has 2 heteroatoms. The van der Waals surface area contributed by atoms with Gasteiger partial charge in [-0.2, -0.15) is 0 Å². The zero-order chi connectivity index (χ0) is 17.9. The molecule has 0 aliphatic carbocycles. The molecule has 0 N–H and O–H groups in total. The second kappa shape index (κ2) is 10.3. The zero-order valence-electron chi connectivity index (χ0n) is 15.7. The number of aromatic nitrogens is 2. The summed E-state index contributed by atoms with van der Waals surface area (Å²) in [5, 5.41) is 0. The molecule has 24 heavy (non-hydrogen) atoms. The molecule has 126 valence electrons. The van der Waals surface area contributed by atoms with Gasteiger partial charge in [-0.3, -0.25) is 9.97 Å².